The molecule has 3 fully saturated rings. The Morgan fingerprint density at radius 3 is 2.52 bits per heavy atom. The third-order valence-corrected chi connectivity index (χ3v) is 7.66. The summed E-state index contributed by atoms with van der Waals surface area (Å²) in [5.41, 5.74) is 1.34. The minimum Gasteiger partial charge on any atom is -0.336 e. The van der Waals surface area contributed by atoms with Crippen molar-refractivity contribution in [3.8, 4) is 0 Å². The molecule has 1 saturated heterocycles. The van der Waals surface area contributed by atoms with E-state index >= 15 is 0 Å². The molecule has 0 bridgehead atoms. The van der Waals surface area contributed by atoms with Gasteiger partial charge in [-0.1, -0.05) is 19.3 Å². The number of aromatic nitrogens is 2. The molecule has 2 saturated carbocycles. The fourth-order valence-electron chi connectivity index (χ4n) is 5.66. The summed E-state index contributed by atoms with van der Waals surface area (Å²) in [6.07, 6.45) is 12.1. The number of nitrogens with one attached hydrogen (secondary N) is 1. The van der Waals surface area contributed by atoms with Gasteiger partial charge in [-0.25, -0.2) is 4.98 Å². The summed E-state index contributed by atoms with van der Waals surface area (Å²) in [4.78, 5) is 50.3. The molecular weight excluding hydrogens is 392 g/mol. The number of hydrogen-bond donors (Lipinski definition) is 1. The molecule has 7 heteroatoms. The number of H-pyrrole nitrogens is 1. The zero-order chi connectivity index (χ0) is 21.4. The van der Waals surface area contributed by atoms with Crippen molar-refractivity contribution in [2.45, 2.75) is 89.6 Å². The second kappa shape index (κ2) is 8.75. The van der Waals surface area contributed by atoms with Crippen LogP contribution in [-0.2, 0) is 22.6 Å². The summed E-state index contributed by atoms with van der Waals surface area (Å²) in [6.45, 7) is 1.76. The highest BCUT2D eigenvalue weighted by Gasteiger charge is 2.36. The first-order valence-corrected chi connectivity index (χ1v) is 12.3. The normalized spacial score (nSPS) is 24.7. The highest BCUT2D eigenvalue weighted by Crippen LogP contribution is 2.34. The van der Waals surface area contributed by atoms with Gasteiger partial charge in [-0.05, 0) is 57.3 Å². The van der Waals surface area contributed by atoms with E-state index in [-0.39, 0.29) is 29.3 Å². The zero-order valence-electron chi connectivity index (χ0n) is 18.4. The summed E-state index contributed by atoms with van der Waals surface area (Å²) in [5, 5.41) is 0. The lowest BCUT2D eigenvalue weighted by Crippen LogP contribution is -2.43. The Morgan fingerprint density at radius 1 is 0.968 bits per heavy atom. The van der Waals surface area contributed by atoms with Crippen molar-refractivity contribution in [3.05, 3.63) is 27.4 Å². The molecule has 1 N–H and O–H groups in total. The Hall–Kier alpha value is -2.18. The number of aromatic amines is 1. The maximum Gasteiger partial charge on any atom is 0.254 e. The summed E-state index contributed by atoms with van der Waals surface area (Å²) in [6, 6.07) is -0.155. The largest absolute Gasteiger partial charge is 0.336 e. The van der Waals surface area contributed by atoms with Gasteiger partial charge in [0.05, 0.1) is 18.3 Å². The van der Waals surface area contributed by atoms with Crippen LogP contribution in [0.1, 0.15) is 93.8 Å². The SMILES string of the molecule is O=C(C1CC1)N1CCc2c(nc([C@H]3CCCCN3C(=O)CC3CCCCC3)[nH]c2=O)C1. The molecule has 2 amide bonds. The molecule has 4 aliphatic rings. The Kier molecular flexibility index (Phi) is 5.85. The lowest BCUT2D eigenvalue weighted by molar-refractivity contribution is -0.136. The number of hydrogen-bond acceptors (Lipinski definition) is 4. The molecule has 7 nitrogen and oxygen atoms in total. The first-order chi connectivity index (χ1) is 15.1. The molecule has 0 aromatic carbocycles. The van der Waals surface area contributed by atoms with Crippen molar-refractivity contribution in [2.75, 3.05) is 13.1 Å². The van der Waals surface area contributed by atoms with Crippen LogP contribution < -0.4 is 5.56 Å². The van der Waals surface area contributed by atoms with Gasteiger partial charge in [-0.3, -0.25) is 14.4 Å². The second-order valence-electron chi connectivity index (χ2n) is 9.97. The predicted molar refractivity (Wildman–Crippen MR) is 116 cm³/mol. The molecule has 1 atom stereocenters. The first-order valence-electron chi connectivity index (χ1n) is 12.3. The predicted octanol–water partition coefficient (Wildman–Crippen LogP) is 3.09. The fourth-order valence-corrected chi connectivity index (χ4v) is 5.66. The van der Waals surface area contributed by atoms with Crippen LogP contribution >= 0.6 is 0 Å². The van der Waals surface area contributed by atoms with Crippen LogP contribution in [0.2, 0.25) is 0 Å². The van der Waals surface area contributed by atoms with Gasteiger partial charge in [0.2, 0.25) is 11.8 Å². The molecule has 0 radical (unpaired) electrons. The van der Waals surface area contributed by atoms with Crippen LogP contribution in [0.3, 0.4) is 0 Å². The van der Waals surface area contributed by atoms with Gasteiger partial charge in [0.15, 0.2) is 0 Å². The van der Waals surface area contributed by atoms with Crippen molar-refractivity contribution in [3.63, 3.8) is 0 Å². The monoisotopic (exact) mass is 426 g/mol. The number of rotatable bonds is 4. The van der Waals surface area contributed by atoms with E-state index in [2.05, 4.69) is 4.98 Å². The molecule has 3 heterocycles. The van der Waals surface area contributed by atoms with Gasteiger partial charge in [0.1, 0.15) is 5.82 Å². The molecule has 5 rings (SSSR count). The number of fused-ring (bicyclic) bond motifs is 1. The fraction of sp³-hybridized carbons (Fsp3) is 0.750. The first kappa shape index (κ1) is 20.7. The summed E-state index contributed by atoms with van der Waals surface area (Å²) in [7, 11) is 0. The number of carbonyl (C=O) groups is 2. The number of nitrogens with zero attached hydrogens (tertiary/aromatic N) is 3. The van der Waals surface area contributed by atoms with Gasteiger partial charge in [-0.15, -0.1) is 0 Å². The van der Waals surface area contributed by atoms with Crippen LogP contribution in [-0.4, -0.2) is 44.7 Å². The number of likely N-dealkylation sites (tertiary alicyclic amines) is 1. The van der Waals surface area contributed by atoms with Crippen LogP contribution in [0.15, 0.2) is 4.79 Å². The quantitative estimate of drug-likeness (QED) is 0.802. The third kappa shape index (κ3) is 4.41. The van der Waals surface area contributed by atoms with E-state index in [1.807, 2.05) is 9.80 Å². The highest BCUT2D eigenvalue weighted by atomic mass is 16.2. The van der Waals surface area contributed by atoms with Gasteiger partial charge < -0.3 is 14.8 Å². The van der Waals surface area contributed by atoms with Crippen molar-refractivity contribution in [2.24, 2.45) is 11.8 Å². The van der Waals surface area contributed by atoms with E-state index in [1.165, 1.54) is 19.3 Å². The Morgan fingerprint density at radius 2 is 1.74 bits per heavy atom. The van der Waals surface area contributed by atoms with Crippen molar-refractivity contribution in [1.29, 1.82) is 0 Å². The molecule has 2 aliphatic heterocycles. The van der Waals surface area contributed by atoms with Gasteiger partial charge in [-0.2, -0.15) is 0 Å². The standard InChI is InChI=1S/C24H34N4O3/c29-21(14-16-6-2-1-3-7-16)28-12-5-4-8-20(28)22-25-19-15-27(24(31)17-9-10-17)13-11-18(19)23(30)26-22/h16-17,20H,1-15H2,(H,25,26,30)/t20-/m1/s1. The third-order valence-electron chi connectivity index (χ3n) is 7.66. The maximum absolute atomic E-state index is 13.2. The Bertz CT molecular complexity index is 901. The summed E-state index contributed by atoms with van der Waals surface area (Å²) < 4.78 is 0. The van der Waals surface area contributed by atoms with Gasteiger partial charge in [0, 0.05) is 31.0 Å². The minimum atomic E-state index is -0.155. The molecule has 168 valence electrons. The van der Waals surface area contributed by atoms with Crippen molar-refractivity contribution < 1.29 is 9.59 Å². The molecule has 2 aliphatic carbocycles. The molecule has 0 unspecified atom stereocenters. The van der Waals surface area contributed by atoms with E-state index in [4.69, 9.17) is 4.98 Å². The molecule has 1 aromatic heterocycles. The topological polar surface area (TPSA) is 86.4 Å². The average Bonchev–Trinajstić information content (AvgIpc) is 3.64. The van der Waals surface area contributed by atoms with Crippen LogP contribution in [0.4, 0.5) is 0 Å². The molecular formula is C24H34N4O3. The lowest BCUT2D eigenvalue weighted by atomic mass is 9.86. The van der Waals surface area contributed by atoms with Crippen molar-refractivity contribution in [1.82, 2.24) is 19.8 Å². The van der Waals surface area contributed by atoms with Crippen LogP contribution in [0, 0.1) is 11.8 Å². The number of amides is 2. The minimum absolute atomic E-state index is 0.0937. The maximum atomic E-state index is 13.2. The molecule has 31 heavy (non-hydrogen) atoms. The summed E-state index contributed by atoms with van der Waals surface area (Å²) >= 11 is 0. The van der Waals surface area contributed by atoms with Gasteiger partial charge in [0.25, 0.3) is 5.56 Å². The number of carbonyl (C=O) groups excluding carboxylic acids is 2. The van der Waals surface area contributed by atoms with Crippen LogP contribution in [0.25, 0.3) is 0 Å². The van der Waals surface area contributed by atoms with E-state index in [0.717, 1.165) is 57.2 Å². The zero-order valence-corrected chi connectivity index (χ0v) is 18.4. The van der Waals surface area contributed by atoms with Crippen molar-refractivity contribution >= 4 is 11.8 Å². The second-order valence-corrected chi connectivity index (χ2v) is 9.97. The molecule has 1 aromatic rings. The summed E-state index contributed by atoms with van der Waals surface area (Å²) in [5.74, 6) is 1.70. The Labute approximate surface area is 183 Å². The van der Waals surface area contributed by atoms with E-state index in [0.29, 0.717) is 43.2 Å². The van der Waals surface area contributed by atoms with E-state index in [9.17, 15) is 14.4 Å². The molecule has 0 spiro atoms. The average molecular weight is 427 g/mol. The van der Waals surface area contributed by atoms with E-state index < -0.39 is 0 Å². The van der Waals surface area contributed by atoms with Crippen LogP contribution in [0.5, 0.6) is 0 Å². The smallest absolute Gasteiger partial charge is 0.254 e. The Balaban J connectivity index is 1.35. The number of piperidine rings is 1. The lowest BCUT2D eigenvalue weighted by Gasteiger charge is -2.37. The van der Waals surface area contributed by atoms with Gasteiger partial charge >= 0.3 is 0 Å². The van der Waals surface area contributed by atoms with E-state index in [1.54, 1.807) is 0 Å². The highest BCUT2D eigenvalue weighted by molar-refractivity contribution is 5.81.